The average molecular weight is 185 g/mol. The summed E-state index contributed by atoms with van der Waals surface area (Å²) in [7, 11) is 1.82. The third-order valence-corrected chi connectivity index (χ3v) is 2.96. The SMILES string of the molecule is CNCC(C(=O)O)C1CCCCC1. The van der Waals surface area contributed by atoms with Gasteiger partial charge in [-0.3, -0.25) is 4.79 Å². The Morgan fingerprint density at radius 1 is 1.46 bits per heavy atom. The minimum absolute atomic E-state index is 0.176. The highest BCUT2D eigenvalue weighted by Crippen LogP contribution is 2.29. The van der Waals surface area contributed by atoms with E-state index in [2.05, 4.69) is 5.32 Å². The van der Waals surface area contributed by atoms with Crippen LogP contribution in [0.1, 0.15) is 32.1 Å². The highest BCUT2D eigenvalue weighted by molar-refractivity contribution is 5.70. The van der Waals surface area contributed by atoms with Crippen LogP contribution in [0.4, 0.5) is 0 Å². The van der Waals surface area contributed by atoms with Gasteiger partial charge in [0.2, 0.25) is 0 Å². The number of hydrogen-bond donors (Lipinski definition) is 2. The van der Waals surface area contributed by atoms with Crippen LogP contribution in [0.3, 0.4) is 0 Å². The lowest BCUT2D eigenvalue weighted by Crippen LogP contribution is -2.33. The van der Waals surface area contributed by atoms with Crippen molar-refractivity contribution in [1.29, 1.82) is 0 Å². The monoisotopic (exact) mass is 185 g/mol. The largest absolute Gasteiger partial charge is 0.481 e. The number of carboxylic acid groups (broad SMARTS) is 1. The molecule has 1 aliphatic carbocycles. The van der Waals surface area contributed by atoms with Crippen molar-refractivity contribution in [3.05, 3.63) is 0 Å². The maximum Gasteiger partial charge on any atom is 0.308 e. The van der Waals surface area contributed by atoms with Gasteiger partial charge in [0.25, 0.3) is 0 Å². The average Bonchev–Trinajstić information content (AvgIpc) is 2.15. The lowest BCUT2D eigenvalue weighted by molar-refractivity contribution is -0.143. The van der Waals surface area contributed by atoms with Gasteiger partial charge in [0.1, 0.15) is 0 Å². The van der Waals surface area contributed by atoms with E-state index in [4.69, 9.17) is 5.11 Å². The summed E-state index contributed by atoms with van der Waals surface area (Å²) in [6.07, 6.45) is 5.88. The summed E-state index contributed by atoms with van der Waals surface area (Å²) in [4.78, 5) is 10.9. The van der Waals surface area contributed by atoms with Crippen molar-refractivity contribution in [3.8, 4) is 0 Å². The van der Waals surface area contributed by atoms with Gasteiger partial charge in [-0.2, -0.15) is 0 Å². The zero-order chi connectivity index (χ0) is 9.68. The fourth-order valence-electron chi connectivity index (χ4n) is 2.21. The molecule has 1 fully saturated rings. The predicted molar refractivity (Wildman–Crippen MR) is 51.6 cm³/mol. The second kappa shape index (κ2) is 5.22. The number of aliphatic carboxylic acids is 1. The van der Waals surface area contributed by atoms with Gasteiger partial charge < -0.3 is 10.4 Å². The third kappa shape index (κ3) is 2.99. The van der Waals surface area contributed by atoms with Crippen LogP contribution in [-0.2, 0) is 4.79 Å². The smallest absolute Gasteiger partial charge is 0.308 e. The Morgan fingerprint density at radius 3 is 2.54 bits per heavy atom. The Labute approximate surface area is 79.5 Å². The zero-order valence-electron chi connectivity index (χ0n) is 8.25. The quantitative estimate of drug-likeness (QED) is 0.697. The van der Waals surface area contributed by atoms with Crippen molar-refractivity contribution in [1.82, 2.24) is 5.32 Å². The molecule has 0 spiro atoms. The third-order valence-electron chi connectivity index (χ3n) is 2.96. The van der Waals surface area contributed by atoms with Crippen LogP contribution in [0.15, 0.2) is 0 Å². The molecule has 1 aliphatic rings. The molecule has 1 rings (SSSR count). The Balaban J connectivity index is 2.46. The highest BCUT2D eigenvalue weighted by atomic mass is 16.4. The Kier molecular flexibility index (Phi) is 4.22. The Bertz CT molecular complexity index is 164. The second-order valence-electron chi connectivity index (χ2n) is 3.90. The molecule has 3 nitrogen and oxygen atoms in total. The molecular weight excluding hydrogens is 166 g/mol. The molecule has 13 heavy (non-hydrogen) atoms. The lowest BCUT2D eigenvalue weighted by Gasteiger charge is -2.27. The van der Waals surface area contributed by atoms with Gasteiger partial charge in [0.05, 0.1) is 5.92 Å². The fraction of sp³-hybridized carbons (Fsp3) is 0.900. The molecule has 0 amide bonds. The van der Waals surface area contributed by atoms with Crippen molar-refractivity contribution < 1.29 is 9.90 Å². The number of hydrogen-bond acceptors (Lipinski definition) is 2. The van der Waals surface area contributed by atoms with E-state index in [0.717, 1.165) is 12.8 Å². The molecule has 0 radical (unpaired) electrons. The first-order valence-corrected chi connectivity index (χ1v) is 5.13. The number of rotatable bonds is 4. The van der Waals surface area contributed by atoms with Crippen molar-refractivity contribution in [2.75, 3.05) is 13.6 Å². The fourth-order valence-corrected chi connectivity index (χ4v) is 2.21. The van der Waals surface area contributed by atoms with E-state index in [0.29, 0.717) is 12.5 Å². The molecule has 0 aromatic heterocycles. The van der Waals surface area contributed by atoms with Crippen LogP contribution >= 0.6 is 0 Å². The van der Waals surface area contributed by atoms with Gasteiger partial charge in [-0.15, -0.1) is 0 Å². The minimum atomic E-state index is -0.638. The van der Waals surface area contributed by atoms with E-state index in [-0.39, 0.29) is 5.92 Å². The maximum atomic E-state index is 10.9. The molecule has 3 heteroatoms. The van der Waals surface area contributed by atoms with Gasteiger partial charge in [0, 0.05) is 6.54 Å². The first-order valence-electron chi connectivity index (χ1n) is 5.13. The molecule has 0 aromatic rings. The van der Waals surface area contributed by atoms with E-state index in [1.54, 1.807) is 0 Å². The number of carbonyl (C=O) groups is 1. The summed E-state index contributed by atoms with van der Waals surface area (Å²) >= 11 is 0. The van der Waals surface area contributed by atoms with Crippen LogP contribution in [-0.4, -0.2) is 24.7 Å². The summed E-state index contributed by atoms with van der Waals surface area (Å²) in [5.41, 5.74) is 0. The molecule has 1 atom stereocenters. The summed E-state index contributed by atoms with van der Waals surface area (Å²) in [5, 5.41) is 12.0. The summed E-state index contributed by atoms with van der Waals surface area (Å²) in [6, 6.07) is 0. The first-order chi connectivity index (χ1) is 6.25. The molecule has 0 bridgehead atoms. The Morgan fingerprint density at radius 2 is 2.08 bits per heavy atom. The summed E-state index contributed by atoms with van der Waals surface area (Å²) < 4.78 is 0. The molecule has 0 heterocycles. The molecule has 0 aliphatic heterocycles. The van der Waals surface area contributed by atoms with E-state index < -0.39 is 5.97 Å². The van der Waals surface area contributed by atoms with Crippen LogP contribution in [0.25, 0.3) is 0 Å². The molecule has 2 N–H and O–H groups in total. The molecule has 76 valence electrons. The topological polar surface area (TPSA) is 49.3 Å². The lowest BCUT2D eigenvalue weighted by atomic mass is 9.80. The van der Waals surface area contributed by atoms with E-state index in [1.807, 2.05) is 7.05 Å². The van der Waals surface area contributed by atoms with E-state index in [1.165, 1.54) is 19.3 Å². The van der Waals surface area contributed by atoms with E-state index in [9.17, 15) is 4.79 Å². The van der Waals surface area contributed by atoms with Crippen LogP contribution in [0.5, 0.6) is 0 Å². The van der Waals surface area contributed by atoms with Gasteiger partial charge in [-0.05, 0) is 25.8 Å². The molecule has 0 aromatic carbocycles. The molecule has 1 unspecified atom stereocenters. The normalized spacial score (nSPS) is 21.3. The highest BCUT2D eigenvalue weighted by Gasteiger charge is 2.28. The molecule has 1 saturated carbocycles. The van der Waals surface area contributed by atoms with Gasteiger partial charge in [0.15, 0.2) is 0 Å². The zero-order valence-corrected chi connectivity index (χ0v) is 8.25. The van der Waals surface area contributed by atoms with Crippen molar-refractivity contribution in [3.63, 3.8) is 0 Å². The molecular formula is C10H19NO2. The van der Waals surface area contributed by atoms with Gasteiger partial charge in [-0.25, -0.2) is 0 Å². The summed E-state index contributed by atoms with van der Waals surface area (Å²) in [5.74, 6) is -0.412. The van der Waals surface area contributed by atoms with Crippen molar-refractivity contribution >= 4 is 5.97 Å². The number of carboxylic acids is 1. The van der Waals surface area contributed by atoms with Crippen molar-refractivity contribution in [2.45, 2.75) is 32.1 Å². The van der Waals surface area contributed by atoms with Crippen LogP contribution < -0.4 is 5.32 Å². The standard InChI is InChI=1S/C10H19NO2/c1-11-7-9(10(12)13)8-5-3-2-4-6-8/h8-9,11H,2-7H2,1H3,(H,12,13). The first kappa shape index (κ1) is 10.5. The Hall–Kier alpha value is -0.570. The van der Waals surface area contributed by atoms with Crippen LogP contribution in [0.2, 0.25) is 0 Å². The van der Waals surface area contributed by atoms with Gasteiger partial charge >= 0.3 is 5.97 Å². The molecule has 0 saturated heterocycles. The van der Waals surface area contributed by atoms with Gasteiger partial charge in [-0.1, -0.05) is 19.3 Å². The maximum absolute atomic E-state index is 10.9. The van der Waals surface area contributed by atoms with E-state index >= 15 is 0 Å². The second-order valence-corrected chi connectivity index (χ2v) is 3.90. The van der Waals surface area contributed by atoms with Crippen molar-refractivity contribution in [2.24, 2.45) is 11.8 Å². The van der Waals surface area contributed by atoms with Crippen LogP contribution in [0, 0.1) is 11.8 Å². The summed E-state index contributed by atoms with van der Waals surface area (Å²) in [6.45, 7) is 0.611. The predicted octanol–water partition coefficient (Wildman–Crippen LogP) is 1.49. The number of nitrogens with one attached hydrogen (secondary N) is 1. The minimum Gasteiger partial charge on any atom is -0.481 e.